The van der Waals surface area contributed by atoms with Gasteiger partial charge < -0.3 is 0 Å². The first kappa shape index (κ1) is 92.0. The fourth-order valence-corrected chi connectivity index (χ4v) is 0. The van der Waals surface area contributed by atoms with Gasteiger partial charge in [0.15, 0.2) is 0 Å². The van der Waals surface area contributed by atoms with Crippen LogP contribution in [0.25, 0.3) is 0 Å². The van der Waals surface area contributed by atoms with Crippen LogP contribution in [0.2, 0.25) is 0 Å². The Balaban J connectivity index is -0.0000000313. The zero-order valence-electron chi connectivity index (χ0n) is 21.1. The Morgan fingerprint density at radius 3 is 0.264 bits per heavy atom. The van der Waals surface area contributed by atoms with Crippen LogP contribution in [0.15, 0.2) is 0 Å². The molecule has 0 aromatic heterocycles. The Kier molecular flexibility index (Phi) is 32.8. The third-order valence-corrected chi connectivity index (χ3v) is 0. The van der Waals surface area contributed by atoms with E-state index >= 15 is 0 Å². The van der Waals surface area contributed by atoms with Gasteiger partial charge in [-0.15, -0.1) is 0 Å². The van der Waals surface area contributed by atoms with E-state index in [1.165, 1.54) is 0 Å². The average Bonchev–Trinajstić information content (AvgIpc) is 2.43. The van der Waals surface area contributed by atoms with E-state index in [2.05, 4.69) is 26.6 Å². The number of hydrogen-bond acceptors (Lipinski definition) is 6. The molecule has 0 aromatic carbocycles. The van der Waals surface area contributed by atoms with Crippen molar-refractivity contribution in [3.8, 4) is 0 Å². The minimum atomic E-state index is -10.9. The summed E-state index contributed by atoms with van der Waals surface area (Å²) in [4.78, 5) is 0. The average molecular weight is 1810 g/mol. The van der Waals surface area contributed by atoms with E-state index in [4.69, 9.17) is 39.4 Å². The summed E-state index contributed by atoms with van der Waals surface area (Å²) in [5.74, 6) is 0. The Hall–Kier alpha value is 3.55. The molecule has 10 nitrogen and oxygen atoms in total. The van der Waals surface area contributed by atoms with Gasteiger partial charge in [-0.25, -0.2) is 0 Å². The topological polar surface area (TPSA) is 212 Å². The maximum absolute atomic E-state index is 10.9. The fourth-order valence-electron chi connectivity index (χ4n) is 0. The molecule has 350 valence electrons. The van der Waals surface area contributed by atoms with E-state index < -0.39 is 112 Å². The van der Waals surface area contributed by atoms with Gasteiger partial charge in [0, 0.05) is 0 Å². The first-order valence-electron chi connectivity index (χ1n) is 6.48. The van der Waals surface area contributed by atoms with E-state index in [1.54, 1.807) is 0 Å². The van der Waals surface area contributed by atoms with Crippen molar-refractivity contribution < 1.29 is 193 Å². The summed E-state index contributed by atoms with van der Waals surface area (Å²) in [6.07, 6.45) is 0. The maximum Gasteiger partial charge on any atom is 2.00 e. The minimum absolute atomic E-state index is 0. The molecule has 0 aliphatic heterocycles. The number of hydrogen-bond donors (Lipinski definition) is 2. The normalized spacial score (nSPS) is 18.5. The quantitative estimate of drug-likeness (QED) is 0.156. The molecule has 0 saturated heterocycles. The van der Waals surface area contributed by atoms with E-state index in [-0.39, 0.29) is 66.5 Å². The monoisotopic (exact) mass is 1820 g/mol. The molecule has 2 N–H and O–H groups in total. The van der Waals surface area contributed by atoms with Crippen molar-refractivity contribution in [2.45, 2.75) is 0 Å². The molecule has 49 heteroatoms. The molecular formula is C4H2Ag2F30O10Te6Ti. The van der Waals surface area contributed by atoms with Crippen molar-refractivity contribution in [3.63, 3.8) is 0 Å². The molecule has 0 heterocycles. The van der Waals surface area contributed by atoms with Gasteiger partial charge in [-0.3, -0.25) is 0 Å². The summed E-state index contributed by atoms with van der Waals surface area (Å²) in [5, 5.41) is 0. The third-order valence-electron chi connectivity index (χ3n) is 0. The van der Waals surface area contributed by atoms with Gasteiger partial charge in [-0.1, -0.05) is 0 Å². The summed E-state index contributed by atoms with van der Waals surface area (Å²) in [6.45, 7) is 18.0. The van der Waals surface area contributed by atoms with Crippen molar-refractivity contribution in [1.29, 1.82) is 0 Å². The molecular weight excluding hydrogens is 1810 g/mol. The second-order valence-corrected chi connectivity index (χ2v) is 36.6. The van der Waals surface area contributed by atoms with Crippen LogP contribution in [0.5, 0.6) is 0 Å². The standard InChI is InChI=1S/4CO.2Ag.6F5HOTe.Ti/c4*1-2;;;6*1-7(2,3,4,5)6;/h;;;;;;6*6H;/q;;;;2*+1;;;;;;;+2/p-4. The molecule has 0 saturated carbocycles. The van der Waals surface area contributed by atoms with E-state index in [1.807, 2.05) is 0 Å². The van der Waals surface area contributed by atoms with Crippen molar-refractivity contribution in [2.24, 2.45) is 0 Å². The Bertz CT molecular complexity index is 832. The van der Waals surface area contributed by atoms with Gasteiger partial charge in [0.05, 0.1) is 0 Å². The third kappa shape index (κ3) is 12600. The number of rotatable bonds is 0. The van der Waals surface area contributed by atoms with Gasteiger partial charge in [0.25, 0.3) is 0 Å². The van der Waals surface area contributed by atoms with Crippen molar-refractivity contribution in [3.05, 3.63) is 26.6 Å². The van der Waals surface area contributed by atoms with Gasteiger partial charge in [0.2, 0.25) is 0 Å². The molecule has 0 fully saturated rings. The molecule has 0 aromatic rings. The Morgan fingerprint density at radius 1 is 0.264 bits per heavy atom. The van der Waals surface area contributed by atoms with Gasteiger partial charge in [0.1, 0.15) is 0 Å². The SMILES string of the molecule is O[Te](F)(F)(F)(F)F.O[Te](F)(F)(F)(F)F.[Ag+].[Ag+].[C-]#[O+].[C-]#[O+].[C-]#[O+].[C-]#[O+].[O-][Te](F)(F)(F)(F)F.[O-][Te](F)(F)(F)(F)F.[O-][Te](F)(F)(F)(F)F.[O-][Te](F)(F)(F)(F)F.[Ti+2]. The van der Waals surface area contributed by atoms with Crippen LogP contribution in [-0.2, 0) is 85.1 Å². The van der Waals surface area contributed by atoms with Crippen LogP contribution in [-0.4, -0.2) is 119 Å². The fraction of sp³-hybridized carbons (Fsp3) is 0. The van der Waals surface area contributed by atoms with Gasteiger partial charge >= 0.3 is 331 Å². The molecule has 0 atom stereocenters. The summed E-state index contributed by atoms with van der Waals surface area (Å²) < 4.78 is 377. The van der Waals surface area contributed by atoms with Crippen LogP contribution in [0.1, 0.15) is 0 Å². The van der Waals surface area contributed by atoms with Crippen LogP contribution in [0, 0.1) is 26.6 Å². The second-order valence-electron chi connectivity index (χ2n) is 5.45. The van der Waals surface area contributed by atoms with Crippen LogP contribution < -0.4 is 13.9 Å². The molecule has 0 aliphatic rings. The molecule has 0 unspecified atom stereocenters. The molecule has 0 amide bonds. The summed E-state index contributed by atoms with van der Waals surface area (Å²) in [7, 11) is 0. The smallest absolute Gasteiger partial charge is 2.00 e. The predicted molar refractivity (Wildman–Crippen MR) is 87.9 cm³/mol. The summed E-state index contributed by atoms with van der Waals surface area (Å²) in [6, 6.07) is 0. The van der Waals surface area contributed by atoms with E-state index in [9.17, 15) is 86.8 Å². The predicted octanol–water partition coefficient (Wildman–Crippen LogP) is 4.29. The van der Waals surface area contributed by atoms with Crippen molar-refractivity contribution >= 4 is 112 Å². The maximum atomic E-state index is 10.1. The van der Waals surface area contributed by atoms with Gasteiger partial charge in [-0.05, 0) is 0 Å². The summed E-state index contributed by atoms with van der Waals surface area (Å²) >= 11 is -65.1. The molecule has 0 aliphatic carbocycles. The Labute approximate surface area is 326 Å². The first-order valence-corrected chi connectivity index (χ1v) is 38.8. The Morgan fingerprint density at radius 2 is 0.264 bits per heavy atom. The van der Waals surface area contributed by atoms with Crippen molar-refractivity contribution in [1.82, 2.24) is 0 Å². The zero-order valence-corrected chi connectivity index (χ0v) is 39.6. The second kappa shape index (κ2) is 18.9. The van der Waals surface area contributed by atoms with E-state index in [0.717, 1.165) is 0 Å². The van der Waals surface area contributed by atoms with Crippen molar-refractivity contribution in [2.75, 3.05) is 0 Å². The summed E-state index contributed by atoms with van der Waals surface area (Å²) in [5.41, 5.74) is 0. The molecule has 0 spiro atoms. The first-order chi connectivity index (χ1) is 18.7. The molecule has 53 heavy (non-hydrogen) atoms. The zero-order chi connectivity index (χ0) is 46.4. The molecule has 0 bridgehead atoms. The van der Waals surface area contributed by atoms with Gasteiger partial charge in [-0.2, -0.15) is 0 Å². The molecule has 0 rings (SSSR count). The van der Waals surface area contributed by atoms with Crippen LogP contribution >= 0.6 is 0 Å². The largest absolute Gasteiger partial charge is 2.00 e. The minimum Gasteiger partial charge on any atom is 2.00 e. The van der Waals surface area contributed by atoms with Crippen LogP contribution in [0.3, 0.4) is 0 Å². The number of halogens is 30. The van der Waals surface area contributed by atoms with E-state index in [0.29, 0.717) is 0 Å². The van der Waals surface area contributed by atoms with Crippen LogP contribution in [0.4, 0.5) is 86.8 Å². The molecule has 0 radical (unpaired) electrons.